The molecule has 0 aromatic rings. The average molecular weight is 176 g/mol. The fourth-order valence-electron chi connectivity index (χ4n) is 3.98. The highest BCUT2D eigenvalue weighted by Gasteiger charge is 2.56. The first kappa shape index (κ1) is 7.78. The number of hydrogen-bond donors (Lipinski definition) is 0. The van der Waals surface area contributed by atoms with Gasteiger partial charge in [-0.25, -0.2) is 0 Å². The van der Waals surface area contributed by atoms with Crippen LogP contribution in [0.2, 0.25) is 0 Å². The van der Waals surface area contributed by atoms with Gasteiger partial charge >= 0.3 is 0 Å². The molecule has 1 heteroatoms. The molecule has 13 heavy (non-hydrogen) atoms. The average Bonchev–Trinajstić information content (AvgIpc) is 2.77. The molecule has 0 spiro atoms. The van der Waals surface area contributed by atoms with Crippen LogP contribution in [-0.2, 0) is 4.79 Å². The Morgan fingerprint density at radius 2 is 2.23 bits per heavy atom. The Kier molecular flexibility index (Phi) is 1.47. The summed E-state index contributed by atoms with van der Waals surface area (Å²) in [5.74, 6) is 2.05. The second kappa shape index (κ2) is 2.46. The quantitative estimate of drug-likeness (QED) is 0.443. The van der Waals surface area contributed by atoms with E-state index < -0.39 is 0 Å². The molecule has 3 rings (SSSR count). The first-order valence-corrected chi connectivity index (χ1v) is 5.51. The van der Waals surface area contributed by atoms with Gasteiger partial charge in [0.25, 0.3) is 0 Å². The molecule has 2 saturated carbocycles. The molecular formula is C12H16O. The first-order valence-electron chi connectivity index (χ1n) is 5.51. The minimum absolute atomic E-state index is 0.0810. The Labute approximate surface area is 79.2 Å². The molecule has 0 amide bonds. The van der Waals surface area contributed by atoms with Crippen LogP contribution in [0.25, 0.3) is 0 Å². The lowest BCUT2D eigenvalue weighted by Gasteiger charge is -2.41. The number of hydrogen-bond acceptors (Lipinski definition) is 1. The maximum atomic E-state index is 11.3. The zero-order valence-corrected chi connectivity index (χ0v) is 7.91. The molecule has 3 aliphatic rings. The zero-order valence-electron chi connectivity index (χ0n) is 7.91. The highest BCUT2D eigenvalue weighted by molar-refractivity contribution is 5.63. The molecule has 3 aliphatic carbocycles. The lowest BCUT2D eigenvalue weighted by atomic mass is 9.62. The minimum Gasteiger partial charge on any atom is -0.303 e. The summed E-state index contributed by atoms with van der Waals surface area (Å²) in [6.07, 6.45) is 12.3. The standard InChI is InChI=1S/C12H16O/c13-8-12-6-2-1-3-11(12)9-4-5-10(12)7-9/h4-5,8-11H,1-3,6-7H2. The van der Waals surface area contributed by atoms with Crippen molar-refractivity contribution in [3.63, 3.8) is 0 Å². The predicted molar refractivity (Wildman–Crippen MR) is 51.2 cm³/mol. The van der Waals surface area contributed by atoms with Gasteiger partial charge in [0.2, 0.25) is 0 Å². The van der Waals surface area contributed by atoms with Gasteiger partial charge in [-0.3, -0.25) is 0 Å². The Bertz CT molecular complexity index is 268. The van der Waals surface area contributed by atoms with Gasteiger partial charge in [0.15, 0.2) is 0 Å². The minimum atomic E-state index is 0.0810. The highest BCUT2D eigenvalue weighted by Crippen LogP contribution is 2.60. The van der Waals surface area contributed by atoms with Gasteiger partial charge < -0.3 is 4.79 Å². The van der Waals surface area contributed by atoms with E-state index in [1.807, 2.05) is 0 Å². The van der Waals surface area contributed by atoms with Crippen LogP contribution in [0.3, 0.4) is 0 Å². The third-order valence-electron chi connectivity index (χ3n) is 4.61. The molecule has 1 nitrogen and oxygen atoms in total. The normalized spacial score (nSPS) is 52.2. The molecule has 70 valence electrons. The van der Waals surface area contributed by atoms with Crippen molar-refractivity contribution in [1.29, 1.82) is 0 Å². The lowest BCUT2D eigenvalue weighted by Crippen LogP contribution is -2.38. The fraction of sp³-hybridized carbons (Fsp3) is 0.750. The third-order valence-corrected chi connectivity index (χ3v) is 4.61. The van der Waals surface area contributed by atoms with Crippen molar-refractivity contribution in [3.8, 4) is 0 Å². The topological polar surface area (TPSA) is 17.1 Å². The summed E-state index contributed by atoms with van der Waals surface area (Å²) < 4.78 is 0. The summed E-state index contributed by atoms with van der Waals surface area (Å²) in [5, 5.41) is 0. The molecule has 2 bridgehead atoms. The van der Waals surface area contributed by atoms with Crippen LogP contribution >= 0.6 is 0 Å². The van der Waals surface area contributed by atoms with E-state index in [-0.39, 0.29) is 5.41 Å². The molecule has 0 aromatic carbocycles. The van der Waals surface area contributed by atoms with Crippen LogP contribution in [0.5, 0.6) is 0 Å². The van der Waals surface area contributed by atoms with E-state index in [0.717, 1.165) is 12.3 Å². The van der Waals surface area contributed by atoms with Crippen molar-refractivity contribution in [2.24, 2.45) is 23.2 Å². The van der Waals surface area contributed by atoms with Gasteiger partial charge in [-0.1, -0.05) is 25.0 Å². The monoisotopic (exact) mass is 176 g/mol. The smallest absolute Gasteiger partial charge is 0.127 e. The molecule has 2 fully saturated rings. The Hall–Kier alpha value is -0.590. The Morgan fingerprint density at radius 3 is 3.00 bits per heavy atom. The van der Waals surface area contributed by atoms with Crippen LogP contribution in [0.1, 0.15) is 32.1 Å². The molecule has 0 saturated heterocycles. The molecular weight excluding hydrogens is 160 g/mol. The highest BCUT2D eigenvalue weighted by atomic mass is 16.1. The number of fused-ring (bicyclic) bond motifs is 5. The van der Waals surface area contributed by atoms with Crippen molar-refractivity contribution in [2.75, 3.05) is 0 Å². The summed E-state index contributed by atoms with van der Waals surface area (Å²) in [5.41, 5.74) is 0.0810. The summed E-state index contributed by atoms with van der Waals surface area (Å²) >= 11 is 0. The maximum absolute atomic E-state index is 11.3. The largest absolute Gasteiger partial charge is 0.303 e. The van der Waals surface area contributed by atoms with Crippen molar-refractivity contribution in [1.82, 2.24) is 0 Å². The summed E-state index contributed by atoms with van der Waals surface area (Å²) in [7, 11) is 0. The number of carbonyl (C=O) groups is 1. The predicted octanol–water partition coefficient (Wildman–Crippen LogP) is 2.57. The van der Waals surface area contributed by atoms with Crippen molar-refractivity contribution < 1.29 is 4.79 Å². The number of carbonyl (C=O) groups excluding carboxylic acids is 1. The zero-order chi connectivity index (χ0) is 8.89. The van der Waals surface area contributed by atoms with Crippen molar-refractivity contribution in [2.45, 2.75) is 32.1 Å². The van der Waals surface area contributed by atoms with Crippen LogP contribution in [0, 0.1) is 23.2 Å². The molecule has 0 aromatic heterocycles. The van der Waals surface area contributed by atoms with Gasteiger partial charge in [-0.15, -0.1) is 0 Å². The van der Waals surface area contributed by atoms with Gasteiger partial charge in [-0.2, -0.15) is 0 Å². The van der Waals surface area contributed by atoms with Crippen molar-refractivity contribution >= 4 is 6.29 Å². The van der Waals surface area contributed by atoms with Crippen LogP contribution in [-0.4, -0.2) is 6.29 Å². The van der Waals surface area contributed by atoms with E-state index in [2.05, 4.69) is 12.2 Å². The molecule has 4 unspecified atom stereocenters. The van der Waals surface area contributed by atoms with Gasteiger partial charge in [0, 0.05) is 5.41 Å². The van der Waals surface area contributed by atoms with E-state index in [1.54, 1.807) is 0 Å². The molecule has 0 N–H and O–H groups in total. The Balaban J connectivity index is 2.03. The second-order valence-corrected chi connectivity index (χ2v) is 4.97. The summed E-state index contributed by atoms with van der Waals surface area (Å²) in [6, 6.07) is 0. The van der Waals surface area contributed by atoms with E-state index in [0.29, 0.717) is 11.8 Å². The summed E-state index contributed by atoms with van der Waals surface area (Å²) in [6.45, 7) is 0. The molecule has 0 heterocycles. The van der Waals surface area contributed by atoms with Crippen LogP contribution in [0.4, 0.5) is 0 Å². The van der Waals surface area contributed by atoms with Gasteiger partial charge in [-0.05, 0) is 37.0 Å². The first-order chi connectivity index (χ1) is 6.37. The second-order valence-electron chi connectivity index (χ2n) is 4.97. The third kappa shape index (κ3) is 0.806. The van der Waals surface area contributed by atoms with E-state index in [1.165, 1.54) is 32.0 Å². The number of allylic oxidation sites excluding steroid dienone is 2. The lowest BCUT2D eigenvalue weighted by molar-refractivity contribution is -0.122. The summed E-state index contributed by atoms with van der Waals surface area (Å²) in [4.78, 5) is 11.3. The SMILES string of the molecule is O=CC12CCCCC1C1C=CC2C1. The fourth-order valence-corrected chi connectivity index (χ4v) is 3.98. The van der Waals surface area contributed by atoms with Crippen LogP contribution in [0.15, 0.2) is 12.2 Å². The molecule has 0 radical (unpaired) electrons. The van der Waals surface area contributed by atoms with E-state index >= 15 is 0 Å². The molecule has 4 atom stereocenters. The number of rotatable bonds is 1. The van der Waals surface area contributed by atoms with E-state index in [4.69, 9.17) is 0 Å². The van der Waals surface area contributed by atoms with Crippen molar-refractivity contribution in [3.05, 3.63) is 12.2 Å². The molecule has 0 aliphatic heterocycles. The van der Waals surface area contributed by atoms with E-state index in [9.17, 15) is 4.79 Å². The van der Waals surface area contributed by atoms with Gasteiger partial charge in [0.05, 0.1) is 0 Å². The Morgan fingerprint density at radius 1 is 1.31 bits per heavy atom. The number of aldehydes is 1. The van der Waals surface area contributed by atoms with Gasteiger partial charge in [0.1, 0.15) is 6.29 Å². The van der Waals surface area contributed by atoms with Crippen LogP contribution < -0.4 is 0 Å². The maximum Gasteiger partial charge on any atom is 0.127 e.